The van der Waals surface area contributed by atoms with Gasteiger partial charge in [-0.05, 0) is 44.0 Å². The van der Waals surface area contributed by atoms with Crippen LogP contribution in [-0.2, 0) is 4.79 Å². The third kappa shape index (κ3) is 4.58. The predicted molar refractivity (Wildman–Crippen MR) is 113 cm³/mol. The van der Waals surface area contributed by atoms with Crippen molar-refractivity contribution in [3.63, 3.8) is 0 Å². The van der Waals surface area contributed by atoms with E-state index in [2.05, 4.69) is 21.5 Å². The van der Waals surface area contributed by atoms with E-state index in [1.807, 2.05) is 45.0 Å². The molecule has 2 N–H and O–H groups in total. The van der Waals surface area contributed by atoms with Crippen molar-refractivity contribution in [2.24, 2.45) is 0 Å². The molecule has 1 amide bonds. The summed E-state index contributed by atoms with van der Waals surface area (Å²) in [5, 5.41) is 15.2. The summed E-state index contributed by atoms with van der Waals surface area (Å²) in [5.41, 5.74) is 2.52. The number of benzene rings is 1. The van der Waals surface area contributed by atoms with E-state index < -0.39 is 5.25 Å². The lowest BCUT2D eigenvalue weighted by Crippen LogP contribution is -2.25. The molecular formula is C21H21N5O2S. The van der Waals surface area contributed by atoms with Crippen LogP contribution in [0.2, 0.25) is 0 Å². The number of H-pyrrole nitrogens is 1. The number of aromatic amines is 1. The van der Waals surface area contributed by atoms with Crippen LogP contribution in [0.25, 0.3) is 5.69 Å². The molecule has 0 fully saturated rings. The Balaban J connectivity index is 1.80. The smallest absolute Gasteiger partial charge is 0.273 e. The predicted octanol–water partition coefficient (Wildman–Crippen LogP) is 3.56. The molecule has 0 radical (unpaired) electrons. The van der Waals surface area contributed by atoms with Gasteiger partial charge in [0.1, 0.15) is 16.9 Å². The zero-order valence-electron chi connectivity index (χ0n) is 16.4. The Labute approximate surface area is 172 Å². The summed E-state index contributed by atoms with van der Waals surface area (Å²) >= 11 is 1.26. The number of rotatable bonds is 6. The number of carbonyl (C=O) groups is 1. The number of aryl methyl sites for hydroxylation is 2. The molecule has 148 valence electrons. The van der Waals surface area contributed by atoms with Crippen molar-refractivity contribution < 1.29 is 4.79 Å². The molecule has 2 heterocycles. The number of amides is 1. The molecule has 1 unspecified atom stereocenters. The average molecular weight is 407 g/mol. The Bertz CT molecular complexity index is 1130. The summed E-state index contributed by atoms with van der Waals surface area (Å²) < 4.78 is 1.36. The molecule has 0 aliphatic carbocycles. The summed E-state index contributed by atoms with van der Waals surface area (Å²) in [7, 11) is 0. The van der Waals surface area contributed by atoms with Crippen LogP contribution in [0.4, 0.5) is 5.82 Å². The van der Waals surface area contributed by atoms with Gasteiger partial charge in [0.25, 0.3) is 5.56 Å². The number of pyridine rings is 1. The molecule has 1 atom stereocenters. The van der Waals surface area contributed by atoms with Gasteiger partial charge in [-0.3, -0.25) is 14.7 Å². The summed E-state index contributed by atoms with van der Waals surface area (Å²) in [4.78, 5) is 29.5. The van der Waals surface area contributed by atoms with Crippen molar-refractivity contribution in [1.82, 2.24) is 14.8 Å². The van der Waals surface area contributed by atoms with Crippen LogP contribution in [0, 0.1) is 25.2 Å². The number of nitriles is 1. The van der Waals surface area contributed by atoms with Crippen LogP contribution in [0.3, 0.4) is 0 Å². The van der Waals surface area contributed by atoms with E-state index in [0.29, 0.717) is 28.5 Å². The van der Waals surface area contributed by atoms with E-state index in [9.17, 15) is 14.9 Å². The summed E-state index contributed by atoms with van der Waals surface area (Å²) in [6, 6.07) is 14.5. The van der Waals surface area contributed by atoms with E-state index in [4.69, 9.17) is 0 Å². The van der Waals surface area contributed by atoms with Gasteiger partial charge in [0.2, 0.25) is 5.91 Å². The number of hydrogen-bond acceptors (Lipinski definition) is 5. The minimum Gasteiger partial charge on any atom is -0.310 e. The maximum absolute atomic E-state index is 12.8. The maximum Gasteiger partial charge on any atom is 0.273 e. The average Bonchev–Trinajstić information content (AvgIpc) is 3.06. The first kappa shape index (κ1) is 20.4. The van der Waals surface area contributed by atoms with Crippen molar-refractivity contribution >= 4 is 23.5 Å². The van der Waals surface area contributed by atoms with E-state index in [1.54, 1.807) is 12.1 Å². The van der Waals surface area contributed by atoms with Crippen molar-refractivity contribution in [1.29, 1.82) is 5.26 Å². The number of thioether (sulfide) groups is 1. The van der Waals surface area contributed by atoms with E-state index in [-0.39, 0.29) is 11.5 Å². The van der Waals surface area contributed by atoms with Gasteiger partial charge in [-0.1, -0.05) is 36.9 Å². The zero-order chi connectivity index (χ0) is 21.0. The summed E-state index contributed by atoms with van der Waals surface area (Å²) in [6.07, 6.45) is 0.541. The lowest BCUT2D eigenvalue weighted by molar-refractivity contribution is -0.115. The topological polar surface area (TPSA) is 104 Å². The van der Waals surface area contributed by atoms with Crippen molar-refractivity contribution in [2.45, 2.75) is 37.5 Å². The minimum atomic E-state index is -0.459. The molecule has 0 spiro atoms. The molecule has 0 saturated carbocycles. The minimum absolute atomic E-state index is 0.260. The van der Waals surface area contributed by atoms with Crippen LogP contribution in [0.15, 0.2) is 52.3 Å². The fourth-order valence-corrected chi connectivity index (χ4v) is 4.05. The Kier molecular flexibility index (Phi) is 6.20. The van der Waals surface area contributed by atoms with Gasteiger partial charge >= 0.3 is 0 Å². The van der Waals surface area contributed by atoms with Gasteiger partial charge in [0, 0.05) is 11.8 Å². The van der Waals surface area contributed by atoms with Crippen LogP contribution in [-0.4, -0.2) is 25.9 Å². The molecule has 2 aromatic heterocycles. The highest BCUT2D eigenvalue weighted by Crippen LogP contribution is 2.29. The standard InChI is InChI=1S/C21H21N5O2S/c1-4-17(29-21-16(12-22)13(2)10-14(3)23-21)20(28)24-18-11-19(27)26(25-18)15-8-6-5-7-9-15/h5-11,17,25H,4H2,1-3H3,(H,24,28). The Morgan fingerprint density at radius 2 is 2.03 bits per heavy atom. The fraction of sp³-hybridized carbons (Fsp3) is 0.238. The van der Waals surface area contributed by atoms with Crippen LogP contribution < -0.4 is 10.9 Å². The molecule has 0 bridgehead atoms. The van der Waals surface area contributed by atoms with Gasteiger partial charge in [-0.25, -0.2) is 9.67 Å². The highest BCUT2D eigenvalue weighted by atomic mass is 32.2. The maximum atomic E-state index is 12.8. The second-order valence-corrected chi connectivity index (χ2v) is 7.75. The second kappa shape index (κ2) is 8.80. The van der Waals surface area contributed by atoms with E-state index in [1.165, 1.54) is 22.5 Å². The summed E-state index contributed by atoms with van der Waals surface area (Å²) in [6.45, 7) is 5.61. The fourth-order valence-electron chi connectivity index (χ4n) is 2.92. The monoisotopic (exact) mass is 407 g/mol. The highest BCUT2D eigenvalue weighted by molar-refractivity contribution is 8.00. The normalized spacial score (nSPS) is 11.7. The molecule has 0 aliphatic rings. The number of carbonyl (C=O) groups excluding carboxylic acids is 1. The van der Waals surface area contributed by atoms with Crippen molar-refractivity contribution in [2.75, 3.05) is 5.32 Å². The van der Waals surface area contributed by atoms with Crippen LogP contribution in [0.1, 0.15) is 30.2 Å². The molecule has 29 heavy (non-hydrogen) atoms. The second-order valence-electron chi connectivity index (χ2n) is 6.56. The lowest BCUT2D eigenvalue weighted by Gasteiger charge is -2.15. The Morgan fingerprint density at radius 3 is 2.69 bits per heavy atom. The third-order valence-corrected chi connectivity index (χ3v) is 5.68. The van der Waals surface area contributed by atoms with Gasteiger partial charge in [-0.2, -0.15) is 5.26 Å². The van der Waals surface area contributed by atoms with Crippen LogP contribution >= 0.6 is 11.8 Å². The molecule has 0 saturated heterocycles. The lowest BCUT2D eigenvalue weighted by atomic mass is 10.1. The molecular weight excluding hydrogens is 386 g/mol. The molecule has 3 aromatic rings. The molecule has 1 aromatic carbocycles. The molecule has 7 nitrogen and oxygen atoms in total. The van der Waals surface area contributed by atoms with E-state index in [0.717, 1.165) is 11.3 Å². The van der Waals surface area contributed by atoms with Crippen molar-refractivity contribution in [3.8, 4) is 11.8 Å². The zero-order valence-corrected chi connectivity index (χ0v) is 17.2. The van der Waals surface area contributed by atoms with Gasteiger partial charge in [0.05, 0.1) is 16.5 Å². The number of nitrogens with one attached hydrogen (secondary N) is 2. The van der Waals surface area contributed by atoms with E-state index >= 15 is 0 Å². The third-order valence-electron chi connectivity index (χ3n) is 4.33. The number of hydrogen-bond donors (Lipinski definition) is 2. The van der Waals surface area contributed by atoms with Crippen LogP contribution in [0.5, 0.6) is 0 Å². The first-order chi connectivity index (χ1) is 13.9. The highest BCUT2D eigenvalue weighted by Gasteiger charge is 2.22. The quantitative estimate of drug-likeness (QED) is 0.608. The summed E-state index contributed by atoms with van der Waals surface area (Å²) in [5.74, 6) is 0.0561. The first-order valence-electron chi connectivity index (χ1n) is 9.16. The van der Waals surface area contributed by atoms with Gasteiger partial charge in [0.15, 0.2) is 0 Å². The largest absolute Gasteiger partial charge is 0.310 e. The number of nitrogens with zero attached hydrogens (tertiary/aromatic N) is 3. The number of para-hydroxylation sites is 1. The first-order valence-corrected chi connectivity index (χ1v) is 10.0. The number of anilines is 1. The molecule has 3 rings (SSSR count). The van der Waals surface area contributed by atoms with Gasteiger partial charge < -0.3 is 5.32 Å². The Hall–Kier alpha value is -3.31. The Morgan fingerprint density at radius 1 is 1.31 bits per heavy atom. The van der Waals surface area contributed by atoms with Crippen molar-refractivity contribution in [3.05, 3.63) is 69.6 Å². The molecule has 8 heteroatoms. The van der Waals surface area contributed by atoms with Gasteiger partial charge in [-0.15, -0.1) is 0 Å². The number of aromatic nitrogens is 3. The SMILES string of the molecule is CCC(Sc1nc(C)cc(C)c1C#N)C(=O)Nc1cc(=O)n(-c2ccccc2)[nH]1. The molecule has 0 aliphatic heterocycles.